The van der Waals surface area contributed by atoms with Crippen molar-refractivity contribution in [3.05, 3.63) is 38.8 Å². The summed E-state index contributed by atoms with van der Waals surface area (Å²) in [6.07, 6.45) is 1.92. The molecule has 0 aromatic carbocycles. The van der Waals surface area contributed by atoms with Crippen LogP contribution in [0.15, 0.2) is 23.8 Å². The Labute approximate surface area is 153 Å². The maximum atomic E-state index is 11.1. The molecule has 1 aromatic rings. The Morgan fingerprint density at radius 2 is 2.08 bits per heavy atom. The Morgan fingerprint density at radius 3 is 2.62 bits per heavy atom. The average Bonchev–Trinajstić information content (AvgIpc) is 3.11. The highest BCUT2D eigenvalue weighted by Crippen LogP contribution is 2.54. The average molecular weight is 367 g/mol. The van der Waals surface area contributed by atoms with E-state index in [1.165, 1.54) is 6.07 Å². The number of fused-ring (bicyclic) bond motifs is 1. The highest BCUT2D eigenvalue weighted by Gasteiger charge is 2.59. The zero-order chi connectivity index (χ0) is 19.1. The molecule has 2 unspecified atom stereocenters. The SMILES string of the molecule is C[NH+]1CC=C2C(C#N)C(=N)C(C#N)(C#N)[C@@H](c3ccc([N+](=O)[O-])s3)[C@@H]2C1. The van der Waals surface area contributed by atoms with Gasteiger partial charge in [0.2, 0.25) is 0 Å². The lowest BCUT2D eigenvalue weighted by Crippen LogP contribution is -3.10. The van der Waals surface area contributed by atoms with Gasteiger partial charge in [-0.15, -0.1) is 0 Å². The van der Waals surface area contributed by atoms with Crippen LogP contribution in [0.4, 0.5) is 5.00 Å². The van der Waals surface area contributed by atoms with Crippen LogP contribution in [0.1, 0.15) is 10.8 Å². The second kappa shape index (κ2) is 6.34. The van der Waals surface area contributed by atoms with Crippen LogP contribution in [0.3, 0.4) is 0 Å². The largest absolute Gasteiger partial charge is 0.334 e. The third-order valence-corrected chi connectivity index (χ3v) is 6.30. The molecule has 2 aliphatic rings. The molecule has 1 aliphatic heterocycles. The Bertz CT molecular complexity index is 930. The molecule has 4 atom stereocenters. The number of nitro groups is 1. The normalized spacial score (nSPS) is 29.5. The van der Waals surface area contributed by atoms with Crippen molar-refractivity contribution in [3.8, 4) is 18.2 Å². The summed E-state index contributed by atoms with van der Waals surface area (Å²) in [6, 6.07) is 8.97. The molecule has 8 nitrogen and oxygen atoms in total. The summed E-state index contributed by atoms with van der Waals surface area (Å²) in [4.78, 5) is 12.3. The highest BCUT2D eigenvalue weighted by molar-refractivity contribution is 7.15. The van der Waals surface area contributed by atoms with Gasteiger partial charge in [0, 0.05) is 22.8 Å². The molecule has 1 aromatic heterocycles. The summed E-state index contributed by atoms with van der Waals surface area (Å²) < 4.78 is 0. The highest BCUT2D eigenvalue weighted by atomic mass is 32.1. The molecule has 1 saturated carbocycles. The van der Waals surface area contributed by atoms with Crippen LogP contribution in [0, 0.1) is 66.8 Å². The van der Waals surface area contributed by atoms with Gasteiger partial charge in [-0.25, -0.2) is 0 Å². The number of hydrogen-bond donors (Lipinski definition) is 2. The van der Waals surface area contributed by atoms with Crippen molar-refractivity contribution in [1.82, 2.24) is 0 Å². The fourth-order valence-corrected chi connectivity index (χ4v) is 5.02. The minimum atomic E-state index is -1.81. The monoisotopic (exact) mass is 367 g/mol. The van der Waals surface area contributed by atoms with Crippen molar-refractivity contribution in [2.24, 2.45) is 17.3 Å². The molecule has 0 amide bonds. The number of rotatable bonds is 2. The van der Waals surface area contributed by atoms with Crippen LogP contribution in [0.2, 0.25) is 0 Å². The molecular weight excluding hydrogens is 352 g/mol. The first kappa shape index (κ1) is 17.8. The van der Waals surface area contributed by atoms with E-state index in [2.05, 4.69) is 6.07 Å². The van der Waals surface area contributed by atoms with Gasteiger partial charge in [-0.1, -0.05) is 11.3 Å². The van der Waals surface area contributed by atoms with Crippen LogP contribution in [-0.4, -0.2) is 30.8 Å². The maximum Gasteiger partial charge on any atom is 0.324 e. The van der Waals surface area contributed by atoms with E-state index < -0.39 is 22.2 Å². The molecule has 2 heterocycles. The van der Waals surface area contributed by atoms with E-state index in [1.54, 1.807) is 6.07 Å². The Hall–Kier alpha value is -3.06. The predicted octanol–water partition coefficient (Wildman–Crippen LogP) is 1.02. The Morgan fingerprint density at radius 1 is 1.38 bits per heavy atom. The first-order chi connectivity index (χ1) is 12.4. The molecule has 1 fully saturated rings. The van der Waals surface area contributed by atoms with Gasteiger partial charge in [-0.2, -0.15) is 15.8 Å². The smallest absolute Gasteiger partial charge is 0.324 e. The minimum Gasteiger partial charge on any atom is -0.334 e. The number of likely N-dealkylation sites (N-methyl/N-ethyl adjacent to an activating group) is 1. The van der Waals surface area contributed by atoms with Crippen molar-refractivity contribution in [2.45, 2.75) is 5.92 Å². The number of nitriles is 3. The van der Waals surface area contributed by atoms with Crippen molar-refractivity contribution in [2.75, 3.05) is 20.1 Å². The van der Waals surface area contributed by atoms with Gasteiger partial charge in [0.25, 0.3) is 0 Å². The van der Waals surface area contributed by atoms with E-state index >= 15 is 0 Å². The number of nitrogens with one attached hydrogen (secondary N) is 2. The molecule has 0 radical (unpaired) electrons. The lowest BCUT2D eigenvalue weighted by atomic mass is 9.55. The molecule has 0 bridgehead atoms. The van der Waals surface area contributed by atoms with Crippen LogP contribution < -0.4 is 4.90 Å². The van der Waals surface area contributed by atoms with Gasteiger partial charge in [0.05, 0.1) is 49.0 Å². The van der Waals surface area contributed by atoms with E-state index in [1.807, 2.05) is 25.3 Å². The second-order valence-corrected chi connectivity index (χ2v) is 7.69. The lowest BCUT2D eigenvalue weighted by Gasteiger charge is -2.45. The molecule has 0 saturated heterocycles. The van der Waals surface area contributed by atoms with Gasteiger partial charge >= 0.3 is 5.00 Å². The number of quaternary nitrogens is 1. The quantitative estimate of drug-likeness (QED) is 0.456. The lowest BCUT2D eigenvalue weighted by molar-refractivity contribution is -0.878. The standard InChI is InChI=1S/C17H14N6O2S/c1-22-5-4-10-11(6-18)16(21)17(8-19,9-20)15(12(10)7-22)13-2-3-14(26-13)23(24)25/h2-4,11-12,15,21H,5,7H2,1H3/p+1/t11?,12-,15-/m1/s1. The summed E-state index contributed by atoms with van der Waals surface area (Å²) in [5.41, 5.74) is -1.28. The van der Waals surface area contributed by atoms with Crippen molar-refractivity contribution in [3.63, 3.8) is 0 Å². The summed E-state index contributed by atoms with van der Waals surface area (Å²) in [6.45, 7) is 1.29. The van der Waals surface area contributed by atoms with Crippen LogP contribution in [0.5, 0.6) is 0 Å². The molecule has 3 rings (SSSR count). The fraction of sp³-hybridized carbons (Fsp3) is 0.412. The number of hydrogen-bond acceptors (Lipinski definition) is 7. The third kappa shape index (κ3) is 2.40. The summed E-state index contributed by atoms with van der Waals surface area (Å²) in [5.74, 6) is -1.89. The van der Waals surface area contributed by atoms with Gasteiger partial charge in [0.1, 0.15) is 5.92 Å². The maximum absolute atomic E-state index is 11.1. The number of thiophene rings is 1. The van der Waals surface area contributed by atoms with Crippen molar-refractivity contribution >= 4 is 22.0 Å². The third-order valence-electron chi connectivity index (χ3n) is 5.18. The van der Waals surface area contributed by atoms with E-state index in [-0.39, 0.29) is 16.6 Å². The molecule has 130 valence electrons. The van der Waals surface area contributed by atoms with E-state index in [4.69, 9.17) is 5.41 Å². The summed E-state index contributed by atoms with van der Waals surface area (Å²) in [7, 11) is 1.98. The van der Waals surface area contributed by atoms with Gasteiger partial charge < -0.3 is 10.3 Å². The predicted molar refractivity (Wildman–Crippen MR) is 92.4 cm³/mol. The zero-order valence-corrected chi connectivity index (χ0v) is 14.7. The van der Waals surface area contributed by atoms with Crippen LogP contribution in [-0.2, 0) is 0 Å². The van der Waals surface area contributed by atoms with Crippen LogP contribution >= 0.6 is 11.3 Å². The molecule has 1 aliphatic carbocycles. The number of nitrogens with zero attached hydrogens (tertiary/aromatic N) is 4. The summed E-state index contributed by atoms with van der Waals surface area (Å²) >= 11 is 0.931. The minimum absolute atomic E-state index is 0.0687. The molecule has 0 spiro atoms. The molecule has 2 N–H and O–H groups in total. The Kier molecular flexibility index (Phi) is 4.33. The fourth-order valence-electron chi connectivity index (χ4n) is 3.97. The van der Waals surface area contributed by atoms with E-state index in [0.717, 1.165) is 21.8 Å². The van der Waals surface area contributed by atoms with Gasteiger partial charge in [0.15, 0.2) is 5.41 Å². The first-order valence-corrected chi connectivity index (χ1v) is 8.77. The Balaban J connectivity index is 2.24. The van der Waals surface area contributed by atoms with Crippen molar-refractivity contribution < 1.29 is 9.82 Å². The molecule has 9 heteroatoms. The first-order valence-electron chi connectivity index (χ1n) is 7.96. The topological polar surface area (TPSA) is 143 Å². The summed E-state index contributed by atoms with van der Waals surface area (Å²) in [5, 5.41) is 48.7. The second-order valence-electron chi connectivity index (χ2n) is 6.59. The van der Waals surface area contributed by atoms with Gasteiger partial charge in [-0.3, -0.25) is 10.1 Å². The van der Waals surface area contributed by atoms with Crippen LogP contribution in [0.25, 0.3) is 0 Å². The van der Waals surface area contributed by atoms with E-state index in [0.29, 0.717) is 18.0 Å². The van der Waals surface area contributed by atoms with Crippen molar-refractivity contribution in [1.29, 1.82) is 21.2 Å². The molecular formula is C17H15N6O2S+. The molecule has 26 heavy (non-hydrogen) atoms. The van der Waals surface area contributed by atoms with Gasteiger partial charge in [-0.05, 0) is 17.7 Å². The zero-order valence-electron chi connectivity index (χ0n) is 13.9. The van der Waals surface area contributed by atoms with E-state index in [9.17, 15) is 25.9 Å².